The summed E-state index contributed by atoms with van der Waals surface area (Å²) in [5.41, 5.74) is 10.7. The van der Waals surface area contributed by atoms with Gasteiger partial charge in [-0.1, -0.05) is 42.5 Å². The van der Waals surface area contributed by atoms with E-state index in [-0.39, 0.29) is 11.9 Å². The van der Waals surface area contributed by atoms with Crippen molar-refractivity contribution in [2.75, 3.05) is 5.73 Å². The van der Waals surface area contributed by atoms with Crippen LogP contribution < -0.4 is 11.1 Å². The second kappa shape index (κ2) is 9.72. The van der Waals surface area contributed by atoms with Crippen molar-refractivity contribution < 1.29 is 4.79 Å². The summed E-state index contributed by atoms with van der Waals surface area (Å²) in [4.78, 5) is 25.1. The minimum absolute atomic E-state index is 0.247. The van der Waals surface area contributed by atoms with Gasteiger partial charge in [-0.05, 0) is 53.1 Å². The summed E-state index contributed by atoms with van der Waals surface area (Å²) in [6.07, 6.45) is 9.10. The van der Waals surface area contributed by atoms with E-state index in [0.29, 0.717) is 24.5 Å². The first kappa shape index (κ1) is 22.2. The molecule has 174 valence electrons. The number of hydrogen-bond acceptors (Lipinski definition) is 6. The maximum atomic E-state index is 12.9. The number of carbonyl (C=O) groups excluding carboxylic acids is 1. The number of nitrogens with one attached hydrogen (secondary N) is 1. The number of pyridine rings is 1. The van der Waals surface area contributed by atoms with Crippen LogP contribution in [0.5, 0.6) is 0 Å². The standard InChI is InChI=1S/C27H25N7O/c1-18-14-32-34(15-18)16-19-2-5-21(6-3-19)25(33-27(35)24-9-10-29-17-31-24)13-20-4-7-23-22(12-20)8-11-30-26(23)28/h2-12,14-15,17,25H,13,16H2,1H3,(H2,28,30)(H,33,35). The smallest absolute Gasteiger partial charge is 0.270 e. The summed E-state index contributed by atoms with van der Waals surface area (Å²) in [5.74, 6) is 0.258. The molecule has 1 atom stereocenters. The van der Waals surface area contributed by atoms with Crippen LogP contribution in [0.2, 0.25) is 0 Å². The highest BCUT2D eigenvalue weighted by atomic mass is 16.1. The van der Waals surface area contributed by atoms with Gasteiger partial charge >= 0.3 is 0 Å². The number of hydrogen-bond donors (Lipinski definition) is 2. The molecule has 1 unspecified atom stereocenters. The first-order chi connectivity index (χ1) is 17.0. The molecule has 0 spiro atoms. The number of nitrogen functional groups attached to an aromatic ring is 1. The average molecular weight is 464 g/mol. The van der Waals surface area contributed by atoms with Gasteiger partial charge in [0.15, 0.2) is 0 Å². The number of amides is 1. The molecule has 8 nitrogen and oxygen atoms in total. The Hall–Kier alpha value is -4.59. The second-order valence-electron chi connectivity index (χ2n) is 8.53. The zero-order valence-corrected chi connectivity index (χ0v) is 19.3. The van der Waals surface area contributed by atoms with Crippen molar-refractivity contribution in [3.8, 4) is 0 Å². The van der Waals surface area contributed by atoms with Crippen molar-refractivity contribution in [1.82, 2.24) is 30.0 Å². The van der Waals surface area contributed by atoms with Crippen molar-refractivity contribution in [2.24, 2.45) is 0 Å². The van der Waals surface area contributed by atoms with Crippen molar-refractivity contribution in [1.29, 1.82) is 0 Å². The van der Waals surface area contributed by atoms with Crippen molar-refractivity contribution in [3.05, 3.63) is 114 Å². The quantitative estimate of drug-likeness (QED) is 0.379. The summed E-state index contributed by atoms with van der Waals surface area (Å²) >= 11 is 0. The van der Waals surface area contributed by atoms with Gasteiger partial charge in [-0.2, -0.15) is 5.10 Å². The van der Waals surface area contributed by atoms with E-state index in [9.17, 15) is 4.79 Å². The summed E-state index contributed by atoms with van der Waals surface area (Å²) < 4.78 is 1.91. The molecule has 5 rings (SSSR count). The third-order valence-electron chi connectivity index (χ3n) is 5.91. The number of anilines is 1. The van der Waals surface area contributed by atoms with Crippen molar-refractivity contribution >= 4 is 22.5 Å². The highest BCUT2D eigenvalue weighted by molar-refractivity contribution is 5.92. The Kier molecular flexibility index (Phi) is 6.17. The highest BCUT2D eigenvalue weighted by Crippen LogP contribution is 2.25. The molecule has 0 aliphatic carbocycles. The van der Waals surface area contributed by atoms with Crippen LogP contribution in [0.25, 0.3) is 10.8 Å². The Balaban J connectivity index is 1.42. The predicted octanol–water partition coefficient (Wildman–Crippen LogP) is 3.87. The Bertz CT molecular complexity index is 1460. The summed E-state index contributed by atoms with van der Waals surface area (Å²) in [7, 11) is 0. The molecule has 3 heterocycles. The molecule has 0 aliphatic heterocycles. The van der Waals surface area contributed by atoms with Gasteiger partial charge in [0, 0.05) is 24.0 Å². The molecule has 2 aromatic carbocycles. The Morgan fingerprint density at radius 3 is 2.60 bits per heavy atom. The number of benzene rings is 2. The minimum Gasteiger partial charge on any atom is -0.383 e. The largest absolute Gasteiger partial charge is 0.383 e. The monoisotopic (exact) mass is 463 g/mol. The second-order valence-corrected chi connectivity index (χ2v) is 8.53. The molecule has 35 heavy (non-hydrogen) atoms. The normalized spacial score (nSPS) is 11.9. The maximum absolute atomic E-state index is 12.9. The molecule has 0 radical (unpaired) electrons. The number of aromatic nitrogens is 5. The summed E-state index contributed by atoms with van der Waals surface area (Å²) in [5, 5.41) is 9.44. The van der Waals surface area contributed by atoms with Gasteiger partial charge in [0.2, 0.25) is 0 Å². The van der Waals surface area contributed by atoms with E-state index < -0.39 is 0 Å². The van der Waals surface area contributed by atoms with E-state index in [4.69, 9.17) is 5.73 Å². The zero-order valence-electron chi connectivity index (χ0n) is 19.3. The van der Waals surface area contributed by atoms with E-state index in [1.807, 2.05) is 42.2 Å². The molecule has 0 fully saturated rings. The fourth-order valence-electron chi connectivity index (χ4n) is 4.12. The SMILES string of the molecule is Cc1cnn(Cc2ccc(C(Cc3ccc4c(N)nccc4c3)NC(=O)c3ccncn3)cc2)c1. The summed E-state index contributed by atoms with van der Waals surface area (Å²) in [6.45, 7) is 2.71. The molecule has 0 bridgehead atoms. The molecular formula is C27H25N7O. The zero-order chi connectivity index (χ0) is 24.2. The lowest BCUT2D eigenvalue weighted by atomic mass is 9.96. The van der Waals surface area contributed by atoms with Crippen molar-refractivity contribution in [2.45, 2.75) is 25.9 Å². The topological polar surface area (TPSA) is 112 Å². The number of aryl methyl sites for hydroxylation is 1. The highest BCUT2D eigenvalue weighted by Gasteiger charge is 2.18. The number of nitrogens with two attached hydrogens (primary N) is 1. The molecule has 1 amide bonds. The van der Waals surface area contributed by atoms with Gasteiger partial charge in [-0.15, -0.1) is 0 Å². The molecule has 8 heteroatoms. The van der Waals surface area contributed by atoms with E-state index in [1.54, 1.807) is 18.5 Å². The Morgan fingerprint density at radius 1 is 1.03 bits per heavy atom. The van der Waals surface area contributed by atoms with Crippen LogP contribution in [0.4, 0.5) is 5.82 Å². The number of nitrogens with zero attached hydrogens (tertiary/aromatic N) is 5. The predicted molar refractivity (Wildman–Crippen MR) is 135 cm³/mol. The summed E-state index contributed by atoms with van der Waals surface area (Å²) in [6, 6.07) is 17.6. The molecule has 3 aromatic heterocycles. The molecular weight excluding hydrogens is 438 g/mol. The van der Waals surface area contributed by atoms with Crippen LogP contribution in [0.1, 0.15) is 38.8 Å². The lowest BCUT2D eigenvalue weighted by molar-refractivity contribution is 0.0931. The van der Waals surface area contributed by atoms with Crippen molar-refractivity contribution in [3.63, 3.8) is 0 Å². The van der Waals surface area contributed by atoms with Gasteiger partial charge in [-0.25, -0.2) is 15.0 Å². The van der Waals surface area contributed by atoms with Gasteiger partial charge in [0.05, 0.1) is 18.8 Å². The lowest BCUT2D eigenvalue weighted by Gasteiger charge is -2.20. The first-order valence-corrected chi connectivity index (χ1v) is 11.3. The van der Waals surface area contributed by atoms with Crippen LogP contribution in [0.3, 0.4) is 0 Å². The average Bonchev–Trinajstić information content (AvgIpc) is 3.29. The van der Waals surface area contributed by atoms with Gasteiger partial charge < -0.3 is 11.1 Å². The van der Waals surface area contributed by atoms with Gasteiger partial charge in [0.1, 0.15) is 17.8 Å². The number of carbonyl (C=O) groups is 1. The van der Waals surface area contributed by atoms with E-state index >= 15 is 0 Å². The molecule has 3 N–H and O–H groups in total. The Morgan fingerprint density at radius 2 is 1.86 bits per heavy atom. The van der Waals surface area contributed by atoms with Gasteiger partial charge in [-0.3, -0.25) is 9.48 Å². The third-order valence-corrected chi connectivity index (χ3v) is 5.91. The van der Waals surface area contributed by atoms with Gasteiger partial charge in [0.25, 0.3) is 5.91 Å². The number of rotatable bonds is 7. The van der Waals surface area contributed by atoms with Crippen LogP contribution in [0.15, 0.2) is 85.7 Å². The Labute approximate surface area is 202 Å². The lowest BCUT2D eigenvalue weighted by Crippen LogP contribution is -2.30. The van der Waals surface area contributed by atoms with E-state index in [2.05, 4.69) is 55.7 Å². The van der Waals surface area contributed by atoms with Crippen LogP contribution in [-0.2, 0) is 13.0 Å². The number of fused-ring (bicyclic) bond motifs is 1. The minimum atomic E-state index is -0.255. The van der Waals surface area contributed by atoms with E-state index in [0.717, 1.165) is 33.0 Å². The van der Waals surface area contributed by atoms with E-state index in [1.165, 1.54) is 6.33 Å². The first-order valence-electron chi connectivity index (χ1n) is 11.3. The van der Waals surface area contributed by atoms with Crippen LogP contribution in [-0.4, -0.2) is 30.6 Å². The molecule has 5 aromatic rings. The fraction of sp³-hybridized carbons (Fsp3) is 0.148. The maximum Gasteiger partial charge on any atom is 0.270 e. The fourth-order valence-corrected chi connectivity index (χ4v) is 4.12. The van der Waals surface area contributed by atoms with Crippen LogP contribution >= 0.6 is 0 Å². The van der Waals surface area contributed by atoms with Crippen LogP contribution in [0, 0.1) is 6.92 Å². The molecule has 0 aliphatic rings. The molecule has 0 saturated carbocycles. The molecule has 0 saturated heterocycles. The third kappa shape index (κ3) is 5.16.